The molecule has 7 heteroatoms. The first-order chi connectivity index (χ1) is 12.6. The minimum atomic E-state index is -0.481. The van der Waals surface area contributed by atoms with E-state index in [2.05, 4.69) is 17.1 Å². The van der Waals surface area contributed by atoms with Crippen molar-refractivity contribution in [1.82, 2.24) is 10.2 Å². The molecular formula is C19H24N2O5. The summed E-state index contributed by atoms with van der Waals surface area (Å²) in [6, 6.07) is 6.97. The number of ether oxygens (including phenoxy) is 2. The van der Waals surface area contributed by atoms with Gasteiger partial charge in [-0.1, -0.05) is 19.8 Å². The summed E-state index contributed by atoms with van der Waals surface area (Å²) in [7, 11) is 0. The molecule has 0 bridgehead atoms. The summed E-state index contributed by atoms with van der Waals surface area (Å²) in [6.45, 7) is 4.38. The minimum absolute atomic E-state index is 0.00121. The number of aromatic nitrogens is 2. The zero-order chi connectivity index (χ0) is 18.8. The van der Waals surface area contributed by atoms with Crippen molar-refractivity contribution >= 4 is 11.8 Å². The number of nitrogens with zero attached hydrogens (tertiary/aromatic N) is 2. The fourth-order valence-corrected chi connectivity index (χ4v) is 2.25. The summed E-state index contributed by atoms with van der Waals surface area (Å²) >= 11 is 0. The van der Waals surface area contributed by atoms with E-state index in [0.717, 1.165) is 25.0 Å². The van der Waals surface area contributed by atoms with Crippen LogP contribution in [0.1, 0.15) is 61.2 Å². The van der Waals surface area contributed by atoms with Crippen LogP contribution in [-0.2, 0) is 16.1 Å². The lowest BCUT2D eigenvalue weighted by molar-refractivity contribution is -0.145. The molecule has 1 aromatic carbocycles. The first kappa shape index (κ1) is 19.6. The third-order valence-corrected chi connectivity index (χ3v) is 3.67. The van der Waals surface area contributed by atoms with Crippen LogP contribution in [0.4, 0.5) is 0 Å². The molecule has 1 aromatic heterocycles. The maximum absolute atomic E-state index is 12.1. The summed E-state index contributed by atoms with van der Waals surface area (Å²) in [5.74, 6) is 0.783. The largest absolute Gasteiger partial charge is 0.494 e. The predicted octanol–water partition coefficient (Wildman–Crippen LogP) is 3.65. The number of hydrogen-bond acceptors (Lipinski definition) is 7. The Labute approximate surface area is 152 Å². The normalized spacial score (nSPS) is 10.5. The Hall–Kier alpha value is -2.70. The van der Waals surface area contributed by atoms with Crippen molar-refractivity contribution in [3.63, 3.8) is 0 Å². The maximum Gasteiger partial charge on any atom is 0.306 e. The average molecular weight is 360 g/mol. The van der Waals surface area contributed by atoms with Crippen LogP contribution in [-0.4, -0.2) is 28.6 Å². The standard InChI is InChI=1S/C19H24N2O5/c1-3-4-5-12-24-16-8-6-15(7-9-16)17(22)10-11-19(23)25-13-18-21-20-14(2)26-18/h6-9H,3-5,10-13H2,1-2H3. The van der Waals surface area contributed by atoms with Crippen LogP contribution in [0.15, 0.2) is 28.7 Å². The number of unbranched alkanes of at least 4 members (excludes halogenated alkanes) is 2. The Balaban J connectivity index is 1.70. The highest BCUT2D eigenvalue weighted by molar-refractivity contribution is 5.97. The summed E-state index contributed by atoms with van der Waals surface area (Å²) in [5.41, 5.74) is 0.547. The second-order valence-corrected chi connectivity index (χ2v) is 5.88. The van der Waals surface area contributed by atoms with Crippen molar-refractivity contribution in [3.8, 4) is 5.75 Å². The molecule has 7 nitrogen and oxygen atoms in total. The topological polar surface area (TPSA) is 91.5 Å². The summed E-state index contributed by atoms with van der Waals surface area (Å²) in [6.07, 6.45) is 3.38. The van der Waals surface area contributed by atoms with Crippen LogP contribution in [0, 0.1) is 6.92 Å². The molecule has 0 aliphatic carbocycles. The average Bonchev–Trinajstić information content (AvgIpc) is 3.07. The van der Waals surface area contributed by atoms with Crippen molar-refractivity contribution < 1.29 is 23.5 Å². The van der Waals surface area contributed by atoms with E-state index in [9.17, 15) is 9.59 Å². The molecule has 0 unspecified atom stereocenters. The van der Waals surface area contributed by atoms with E-state index in [-0.39, 0.29) is 31.1 Å². The highest BCUT2D eigenvalue weighted by Crippen LogP contribution is 2.15. The number of esters is 1. The number of carbonyl (C=O) groups is 2. The monoisotopic (exact) mass is 360 g/mol. The molecule has 140 valence electrons. The Morgan fingerprint density at radius 2 is 1.85 bits per heavy atom. The van der Waals surface area contributed by atoms with E-state index in [4.69, 9.17) is 13.9 Å². The van der Waals surface area contributed by atoms with Gasteiger partial charge in [0, 0.05) is 18.9 Å². The number of ketones is 1. The number of aryl methyl sites for hydroxylation is 1. The fraction of sp³-hybridized carbons (Fsp3) is 0.474. The molecule has 0 saturated heterocycles. The van der Waals surface area contributed by atoms with Gasteiger partial charge in [-0.3, -0.25) is 9.59 Å². The number of Topliss-reactive ketones (excluding diaryl/α,β-unsaturated/α-hetero) is 1. The van der Waals surface area contributed by atoms with Gasteiger partial charge >= 0.3 is 5.97 Å². The molecule has 2 rings (SSSR count). The molecular weight excluding hydrogens is 336 g/mol. The van der Waals surface area contributed by atoms with Gasteiger partial charge in [-0.2, -0.15) is 0 Å². The molecule has 0 spiro atoms. The molecule has 0 N–H and O–H groups in total. The van der Waals surface area contributed by atoms with Crippen LogP contribution >= 0.6 is 0 Å². The van der Waals surface area contributed by atoms with Gasteiger partial charge in [0.25, 0.3) is 5.89 Å². The molecule has 0 saturated carbocycles. The number of hydrogen-bond donors (Lipinski definition) is 0. The van der Waals surface area contributed by atoms with E-state index >= 15 is 0 Å². The quantitative estimate of drug-likeness (QED) is 0.343. The van der Waals surface area contributed by atoms with Gasteiger partial charge in [0.15, 0.2) is 12.4 Å². The van der Waals surface area contributed by atoms with Gasteiger partial charge in [-0.05, 0) is 30.7 Å². The SMILES string of the molecule is CCCCCOc1ccc(C(=O)CCC(=O)OCc2nnc(C)o2)cc1. The second-order valence-electron chi connectivity index (χ2n) is 5.88. The van der Waals surface area contributed by atoms with E-state index in [0.29, 0.717) is 18.1 Å². The van der Waals surface area contributed by atoms with Crippen LogP contribution in [0.3, 0.4) is 0 Å². The first-order valence-electron chi connectivity index (χ1n) is 8.79. The number of carbonyl (C=O) groups excluding carboxylic acids is 2. The number of benzene rings is 1. The molecule has 0 aliphatic rings. The van der Waals surface area contributed by atoms with Gasteiger partial charge in [0.05, 0.1) is 13.0 Å². The van der Waals surface area contributed by atoms with Crippen molar-refractivity contribution in [2.24, 2.45) is 0 Å². The molecule has 0 radical (unpaired) electrons. The molecule has 0 atom stereocenters. The predicted molar refractivity (Wildman–Crippen MR) is 93.9 cm³/mol. The van der Waals surface area contributed by atoms with Crippen LogP contribution in [0.5, 0.6) is 5.75 Å². The van der Waals surface area contributed by atoms with E-state index in [1.165, 1.54) is 0 Å². The first-order valence-corrected chi connectivity index (χ1v) is 8.79. The lowest BCUT2D eigenvalue weighted by Gasteiger charge is -2.07. The molecule has 1 heterocycles. The van der Waals surface area contributed by atoms with Crippen LogP contribution in [0.25, 0.3) is 0 Å². The number of rotatable bonds is 11. The zero-order valence-corrected chi connectivity index (χ0v) is 15.2. The van der Waals surface area contributed by atoms with Gasteiger partial charge < -0.3 is 13.9 Å². The summed E-state index contributed by atoms with van der Waals surface area (Å²) < 4.78 is 15.7. The molecule has 2 aromatic rings. The Morgan fingerprint density at radius 3 is 2.50 bits per heavy atom. The Morgan fingerprint density at radius 1 is 1.08 bits per heavy atom. The fourth-order valence-electron chi connectivity index (χ4n) is 2.25. The maximum atomic E-state index is 12.1. The Kier molecular flexibility index (Phi) is 7.79. The molecule has 0 amide bonds. The third kappa shape index (κ3) is 6.66. The molecule has 0 aliphatic heterocycles. The van der Waals surface area contributed by atoms with E-state index in [1.807, 2.05) is 0 Å². The highest BCUT2D eigenvalue weighted by atomic mass is 16.5. The van der Waals surface area contributed by atoms with Crippen molar-refractivity contribution in [2.75, 3.05) is 6.61 Å². The van der Waals surface area contributed by atoms with Gasteiger partial charge in [-0.15, -0.1) is 10.2 Å². The van der Waals surface area contributed by atoms with E-state index < -0.39 is 5.97 Å². The zero-order valence-electron chi connectivity index (χ0n) is 15.2. The summed E-state index contributed by atoms with van der Waals surface area (Å²) in [4.78, 5) is 23.8. The van der Waals surface area contributed by atoms with Gasteiger partial charge in [-0.25, -0.2) is 0 Å². The van der Waals surface area contributed by atoms with Crippen molar-refractivity contribution in [2.45, 2.75) is 52.6 Å². The lowest BCUT2D eigenvalue weighted by atomic mass is 10.1. The highest BCUT2D eigenvalue weighted by Gasteiger charge is 2.12. The lowest BCUT2D eigenvalue weighted by Crippen LogP contribution is -2.08. The molecule has 0 fully saturated rings. The van der Waals surface area contributed by atoms with Crippen molar-refractivity contribution in [1.29, 1.82) is 0 Å². The van der Waals surface area contributed by atoms with Crippen LogP contribution < -0.4 is 4.74 Å². The smallest absolute Gasteiger partial charge is 0.306 e. The Bertz CT molecular complexity index is 709. The summed E-state index contributed by atoms with van der Waals surface area (Å²) in [5, 5.41) is 7.37. The second kappa shape index (κ2) is 10.3. The van der Waals surface area contributed by atoms with Gasteiger partial charge in [0.1, 0.15) is 5.75 Å². The third-order valence-electron chi connectivity index (χ3n) is 3.67. The minimum Gasteiger partial charge on any atom is -0.494 e. The van der Waals surface area contributed by atoms with Crippen molar-refractivity contribution in [3.05, 3.63) is 41.6 Å². The van der Waals surface area contributed by atoms with Crippen LogP contribution in [0.2, 0.25) is 0 Å². The van der Waals surface area contributed by atoms with Gasteiger partial charge in [0.2, 0.25) is 5.89 Å². The molecule has 26 heavy (non-hydrogen) atoms. The van der Waals surface area contributed by atoms with E-state index in [1.54, 1.807) is 31.2 Å².